The normalized spacial score (nSPS) is 12.5. The van der Waals surface area contributed by atoms with E-state index in [1.54, 1.807) is 42.1 Å². The zero-order valence-electron chi connectivity index (χ0n) is 27.6. The Hall–Kier alpha value is -5.11. The molecular formula is C36H36N6O5S2. The second kappa shape index (κ2) is 14.6. The zero-order valence-corrected chi connectivity index (χ0v) is 29.2. The number of sulfonamides is 1. The number of hydrogen-bond donors (Lipinski definition) is 0. The number of benzene rings is 3. The number of hydrogen-bond acceptors (Lipinski definition) is 9. The Labute approximate surface area is 288 Å². The predicted molar refractivity (Wildman–Crippen MR) is 193 cm³/mol. The summed E-state index contributed by atoms with van der Waals surface area (Å²) < 4.78 is 42.7. The van der Waals surface area contributed by atoms with Crippen molar-refractivity contribution in [2.24, 2.45) is 0 Å². The van der Waals surface area contributed by atoms with Gasteiger partial charge in [-0.2, -0.15) is 18.9 Å². The molecule has 3 aromatic heterocycles. The molecule has 0 saturated heterocycles. The molecule has 0 N–H and O–H groups in total. The maximum Gasteiger partial charge on any atom is 0.291 e. The number of nitrogens with zero attached hydrogens (tertiary/aromatic N) is 6. The average Bonchev–Trinajstić information content (AvgIpc) is 3.81. The summed E-state index contributed by atoms with van der Waals surface area (Å²) in [5.74, 6) is 1.70. The lowest BCUT2D eigenvalue weighted by atomic mass is 10.1. The number of para-hydroxylation sites is 1. The van der Waals surface area contributed by atoms with Crippen LogP contribution in [0.3, 0.4) is 0 Å². The van der Waals surface area contributed by atoms with Crippen molar-refractivity contribution in [1.82, 2.24) is 28.7 Å². The van der Waals surface area contributed by atoms with Gasteiger partial charge in [0.15, 0.2) is 17.3 Å². The Bertz CT molecular complexity index is 2340. The van der Waals surface area contributed by atoms with E-state index in [-0.39, 0.29) is 10.5 Å². The molecular weight excluding hydrogens is 661 g/mol. The molecule has 0 fully saturated rings. The molecule has 49 heavy (non-hydrogen) atoms. The SMILES string of the molecule is CCCOc1ccc(/C=C/c2nc3s/c(=C\c4cn(-c5ccccc5)nc4-c4cccc(S(=O)(=O)N(CC)CC)c4)c(=O)n3n2)cc1OC. The molecule has 0 radical (unpaired) electrons. The van der Waals surface area contributed by atoms with E-state index < -0.39 is 10.0 Å². The summed E-state index contributed by atoms with van der Waals surface area (Å²) in [6.45, 7) is 6.99. The van der Waals surface area contributed by atoms with E-state index in [0.29, 0.717) is 63.3 Å². The monoisotopic (exact) mass is 696 g/mol. The number of aromatic nitrogens is 5. The van der Waals surface area contributed by atoms with Crippen molar-refractivity contribution >= 4 is 44.5 Å². The van der Waals surface area contributed by atoms with E-state index in [2.05, 4.69) is 10.1 Å². The zero-order chi connectivity index (χ0) is 34.5. The van der Waals surface area contributed by atoms with Crippen LogP contribution in [-0.2, 0) is 10.0 Å². The first kappa shape index (κ1) is 33.8. The lowest BCUT2D eigenvalue weighted by Crippen LogP contribution is -2.30. The van der Waals surface area contributed by atoms with Crippen LogP contribution in [-0.4, -0.2) is 63.9 Å². The summed E-state index contributed by atoms with van der Waals surface area (Å²) in [6, 6.07) is 22.0. The lowest BCUT2D eigenvalue weighted by Gasteiger charge is -2.18. The maximum absolute atomic E-state index is 13.6. The molecule has 6 rings (SSSR count). The van der Waals surface area contributed by atoms with Gasteiger partial charge in [-0.15, -0.1) is 5.10 Å². The molecule has 0 aliphatic rings. The van der Waals surface area contributed by atoms with Crippen molar-refractivity contribution in [1.29, 1.82) is 0 Å². The fourth-order valence-corrected chi connectivity index (χ4v) is 7.71. The molecule has 0 bridgehead atoms. The van der Waals surface area contributed by atoms with E-state index in [1.165, 1.54) is 20.2 Å². The minimum absolute atomic E-state index is 0.178. The molecule has 0 saturated carbocycles. The molecule has 0 aliphatic carbocycles. The molecule has 252 valence electrons. The molecule has 3 aromatic carbocycles. The van der Waals surface area contributed by atoms with Crippen molar-refractivity contribution in [3.63, 3.8) is 0 Å². The molecule has 0 atom stereocenters. The predicted octanol–water partition coefficient (Wildman–Crippen LogP) is 5.55. The molecule has 6 aromatic rings. The van der Waals surface area contributed by atoms with Crippen LogP contribution < -0.4 is 19.6 Å². The summed E-state index contributed by atoms with van der Waals surface area (Å²) in [7, 11) is -2.10. The second-order valence-corrected chi connectivity index (χ2v) is 13.9. The summed E-state index contributed by atoms with van der Waals surface area (Å²) in [4.78, 5) is 18.7. The van der Waals surface area contributed by atoms with Gasteiger partial charge in [0.05, 0.1) is 28.8 Å². The third-order valence-corrected chi connectivity index (χ3v) is 10.8. The van der Waals surface area contributed by atoms with Crippen molar-refractivity contribution in [2.75, 3.05) is 26.8 Å². The lowest BCUT2D eigenvalue weighted by molar-refractivity contribution is 0.294. The van der Waals surface area contributed by atoms with Gasteiger partial charge in [-0.3, -0.25) is 4.79 Å². The highest BCUT2D eigenvalue weighted by Gasteiger charge is 2.23. The van der Waals surface area contributed by atoms with E-state index in [1.807, 2.05) is 87.6 Å². The molecule has 13 heteroatoms. The molecule has 0 amide bonds. The molecule has 0 aliphatic heterocycles. The maximum atomic E-state index is 13.6. The smallest absolute Gasteiger partial charge is 0.291 e. The average molecular weight is 697 g/mol. The van der Waals surface area contributed by atoms with Crippen LogP contribution in [0.25, 0.3) is 40.1 Å². The summed E-state index contributed by atoms with van der Waals surface area (Å²) in [5, 5.41) is 9.29. The van der Waals surface area contributed by atoms with Crippen LogP contribution in [0, 0.1) is 0 Å². The Kier molecular flexibility index (Phi) is 10.0. The van der Waals surface area contributed by atoms with Gasteiger partial charge in [0, 0.05) is 30.4 Å². The number of ether oxygens (including phenoxy) is 2. The Morgan fingerprint density at radius 2 is 1.71 bits per heavy atom. The first-order valence-electron chi connectivity index (χ1n) is 15.9. The Morgan fingerprint density at radius 3 is 2.43 bits per heavy atom. The Balaban J connectivity index is 1.37. The first-order valence-corrected chi connectivity index (χ1v) is 18.2. The van der Waals surface area contributed by atoms with Gasteiger partial charge < -0.3 is 9.47 Å². The Morgan fingerprint density at radius 1 is 0.918 bits per heavy atom. The van der Waals surface area contributed by atoms with Crippen molar-refractivity contribution in [3.8, 4) is 28.4 Å². The van der Waals surface area contributed by atoms with Gasteiger partial charge in [-0.25, -0.2) is 13.1 Å². The minimum Gasteiger partial charge on any atom is -0.493 e. The largest absolute Gasteiger partial charge is 0.493 e. The van der Waals surface area contributed by atoms with Crippen LogP contribution in [0.2, 0.25) is 0 Å². The topological polar surface area (TPSA) is 121 Å². The number of thiazole rings is 1. The minimum atomic E-state index is -3.70. The van der Waals surface area contributed by atoms with Gasteiger partial charge in [-0.05, 0) is 60.5 Å². The van der Waals surface area contributed by atoms with Crippen molar-refractivity contribution < 1.29 is 17.9 Å². The fourth-order valence-electron chi connectivity index (χ4n) is 5.30. The van der Waals surface area contributed by atoms with E-state index >= 15 is 0 Å². The number of fused-ring (bicyclic) bond motifs is 1. The van der Waals surface area contributed by atoms with Crippen LogP contribution in [0.5, 0.6) is 11.5 Å². The highest BCUT2D eigenvalue weighted by molar-refractivity contribution is 7.89. The van der Waals surface area contributed by atoms with Gasteiger partial charge in [0.1, 0.15) is 5.69 Å². The summed E-state index contributed by atoms with van der Waals surface area (Å²) >= 11 is 1.21. The third-order valence-electron chi connectivity index (χ3n) is 7.77. The molecule has 3 heterocycles. The number of rotatable bonds is 13. The molecule has 0 unspecified atom stereocenters. The molecule has 11 nitrogen and oxygen atoms in total. The van der Waals surface area contributed by atoms with Gasteiger partial charge in [-0.1, -0.05) is 74.6 Å². The van der Waals surface area contributed by atoms with Crippen molar-refractivity contribution in [3.05, 3.63) is 111 Å². The standard InChI is InChI=1S/C36H36N6O5S2/c1-5-20-47-30-18-16-25(21-31(30)46-4)17-19-33-37-36-42(38-33)35(43)32(48-36)23-27-24-41(28-13-9-8-10-14-28)39-34(27)26-12-11-15-29(22-26)49(44,45)40(6-2)7-3/h8-19,21-24H,5-7,20H2,1-4H3/b19-17+,32-23-. The van der Waals surface area contributed by atoms with Crippen molar-refractivity contribution in [2.45, 2.75) is 32.1 Å². The quantitative estimate of drug-likeness (QED) is 0.154. The van der Waals surface area contributed by atoms with Gasteiger partial charge >= 0.3 is 0 Å². The van der Waals surface area contributed by atoms with Gasteiger partial charge in [0.25, 0.3) is 5.56 Å². The highest BCUT2D eigenvalue weighted by Crippen LogP contribution is 2.30. The summed E-state index contributed by atoms with van der Waals surface area (Å²) in [5.41, 5.74) is 3.15. The number of methoxy groups -OCH3 is 1. The second-order valence-electron chi connectivity index (χ2n) is 11.0. The van der Waals surface area contributed by atoms with Gasteiger partial charge in [0.2, 0.25) is 15.0 Å². The fraction of sp³-hybridized carbons (Fsp3) is 0.222. The van der Waals surface area contributed by atoms with E-state index in [0.717, 1.165) is 17.7 Å². The first-order chi connectivity index (χ1) is 23.7. The van der Waals surface area contributed by atoms with Crippen LogP contribution in [0.15, 0.2) is 88.7 Å². The molecule has 0 spiro atoms. The van der Waals surface area contributed by atoms with Crippen LogP contribution >= 0.6 is 11.3 Å². The van der Waals surface area contributed by atoms with Crippen LogP contribution in [0.1, 0.15) is 44.1 Å². The van der Waals surface area contributed by atoms with E-state index in [9.17, 15) is 13.2 Å². The van der Waals surface area contributed by atoms with E-state index in [4.69, 9.17) is 14.6 Å². The highest BCUT2D eigenvalue weighted by atomic mass is 32.2. The third kappa shape index (κ3) is 7.05. The van der Waals surface area contributed by atoms with Crippen LogP contribution in [0.4, 0.5) is 0 Å². The summed E-state index contributed by atoms with van der Waals surface area (Å²) in [6.07, 6.45) is 8.06.